The Morgan fingerprint density at radius 1 is 0.970 bits per heavy atom. The Balaban J connectivity index is 1.33. The summed E-state index contributed by atoms with van der Waals surface area (Å²) in [6.45, 7) is 3.02. The minimum absolute atomic E-state index is 0.0339. The molecule has 7 heteroatoms. The van der Waals surface area contributed by atoms with E-state index in [9.17, 15) is 9.00 Å². The summed E-state index contributed by atoms with van der Waals surface area (Å²) in [6, 6.07) is 24.7. The Kier molecular flexibility index (Phi) is 6.89. The summed E-state index contributed by atoms with van der Waals surface area (Å²) in [4.78, 5) is 17.8. The van der Waals surface area contributed by atoms with Crippen LogP contribution in [0.3, 0.4) is 0 Å². The van der Waals surface area contributed by atoms with Crippen molar-refractivity contribution in [3.63, 3.8) is 0 Å². The second-order valence-corrected chi connectivity index (χ2v) is 10.4. The van der Waals surface area contributed by atoms with Gasteiger partial charge in [-0.2, -0.15) is 0 Å². The molecule has 0 spiro atoms. The Morgan fingerprint density at radius 3 is 2.33 bits per heavy atom. The van der Waals surface area contributed by atoms with E-state index in [1.165, 1.54) is 5.69 Å². The van der Waals surface area contributed by atoms with E-state index in [1.54, 1.807) is 25.3 Å². The van der Waals surface area contributed by atoms with E-state index in [0.29, 0.717) is 29.3 Å². The van der Waals surface area contributed by atoms with Gasteiger partial charge < -0.3 is 19.9 Å². The number of piperazine rings is 1. The van der Waals surface area contributed by atoms with Crippen LogP contribution in [0, 0.1) is 0 Å². The standard InChI is InChI=1S/C26H29N3O3S/c1-32-24-9-6-10-25(19-24)33(2,31)20-27-22-13-11-21(12-14-22)26(30)29-17-15-28(16-18-29)23-7-4-3-5-8-23/h3-14,19,27H,2,15-18,20H2,1H3. The zero-order chi connectivity index (χ0) is 23.3. The number of amides is 1. The molecule has 0 radical (unpaired) electrons. The predicted molar refractivity (Wildman–Crippen MR) is 136 cm³/mol. The molecule has 0 bridgehead atoms. The lowest BCUT2D eigenvalue weighted by molar-refractivity contribution is 0.0747. The van der Waals surface area contributed by atoms with Crippen LogP contribution >= 0.6 is 0 Å². The molecule has 0 aliphatic carbocycles. The second kappa shape index (κ2) is 10.0. The van der Waals surface area contributed by atoms with Crippen molar-refractivity contribution in [3.05, 3.63) is 84.4 Å². The number of anilines is 2. The molecule has 4 rings (SSSR count). The molecule has 0 saturated carbocycles. The lowest BCUT2D eigenvalue weighted by Gasteiger charge is -2.36. The molecule has 1 unspecified atom stereocenters. The van der Waals surface area contributed by atoms with E-state index in [2.05, 4.69) is 28.2 Å². The lowest BCUT2D eigenvalue weighted by atomic mass is 10.1. The lowest BCUT2D eigenvalue weighted by Crippen LogP contribution is -2.48. The van der Waals surface area contributed by atoms with Crippen LogP contribution in [0.4, 0.5) is 11.4 Å². The quantitative estimate of drug-likeness (QED) is 0.540. The number of ether oxygens (including phenoxy) is 1. The van der Waals surface area contributed by atoms with E-state index in [-0.39, 0.29) is 11.8 Å². The largest absolute Gasteiger partial charge is 0.497 e. The molecule has 1 aliphatic heterocycles. The highest BCUT2D eigenvalue weighted by Crippen LogP contribution is 2.20. The number of hydrogen-bond donors (Lipinski definition) is 1. The number of nitrogens with zero attached hydrogens (tertiary/aromatic N) is 2. The topological polar surface area (TPSA) is 61.9 Å². The van der Waals surface area contributed by atoms with Crippen LogP contribution in [-0.4, -0.2) is 60.1 Å². The minimum Gasteiger partial charge on any atom is -0.497 e. The molecular formula is C26H29N3O3S. The molecule has 1 atom stereocenters. The van der Waals surface area contributed by atoms with E-state index in [0.717, 1.165) is 18.8 Å². The molecule has 1 amide bonds. The summed E-state index contributed by atoms with van der Waals surface area (Å²) in [7, 11) is -0.956. The van der Waals surface area contributed by atoms with Gasteiger partial charge in [-0.25, -0.2) is 0 Å². The summed E-state index contributed by atoms with van der Waals surface area (Å²) in [5.74, 6) is 4.78. The van der Waals surface area contributed by atoms with Gasteiger partial charge in [-0.15, -0.1) is 0 Å². The third kappa shape index (κ3) is 5.49. The molecule has 1 fully saturated rings. The molecule has 3 aromatic carbocycles. The van der Waals surface area contributed by atoms with Crippen molar-refractivity contribution in [1.29, 1.82) is 0 Å². The van der Waals surface area contributed by atoms with Gasteiger partial charge in [0.15, 0.2) is 0 Å². The summed E-state index contributed by atoms with van der Waals surface area (Å²) >= 11 is 0. The highest BCUT2D eigenvalue weighted by Gasteiger charge is 2.22. The monoisotopic (exact) mass is 463 g/mol. The van der Waals surface area contributed by atoms with Crippen LogP contribution in [0.15, 0.2) is 83.8 Å². The first kappa shape index (κ1) is 22.7. The molecular weight excluding hydrogens is 434 g/mol. The van der Waals surface area contributed by atoms with Crippen molar-refractivity contribution in [3.8, 4) is 5.75 Å². The summed E-state index contributed by atoms with van der Waals surface area (Å²) in [5.41, 5.74) is 2.63. The number of carbonyl (C=O) groups excluding carboxylic acids is 1. The summed E-state index contributed by atoms with van der Waals surface area (Å²) < 4.78 is 18.3. The van der Waals surface area contributed by atoms with Gasteiger partial charge in [0.2, 0.25) is 0 Å². The van der Waals surface area contributed by atoms with Crippen molar-refractivity contribution >= 4 is 32.7 Å². The number of hydrogen-bond acceptors (Lipinski definition) is 5. The predicted octanol–water partition coefficient (Wildman–Crippen LogP) is 3.80. The molecule has 33 heavy (non-hydrogen) atoms. The highest BCUT2D eigenvalue weighted by molar-refractivity contribution is 8.00. The first-order valence-corrected chi connectivity index (χ1v) is 12.8. The van der Waals surface area contributed by atoms with Crippen LogP contribution in [0.2, 0.25) is 0 Å². The summed E-state index contributed by atoms with van der Waals surface area (Å²) in [5, 5.41) is 3.18. The van der Waals surface area contributed by atoms with E-state index >= 15 is 0 Å². The van der Waals surface area contributed by atoms with Crippen molar-refractivity contribution in [2.75, 3.05) is 49.4 Å². The van der Waals surface area contributed by atoms with Crippen LogP contribution < -0.4 is 15.0 Å². The Morgan fingerprint density at radius 2 is 1.67 bits per heavy atom. The zero-order valence-corrected chi connectivity index (χ0v) is 19.6. The van der Waals surface area contributed by atoms with Crippen molar-refractivity contribution < 1.29 is 13.7 Å². The molecule has 1 aliphatic rings. The van der Waals surface area contributed by atoms with E-state index in [1.807, 2.05) is 53.4 Å². The summed E-state index contributed by atoms with van der Waals surface area (Å²) in [6.07, 6.45) is 0. The van der Waals surface area contributed by atoms with Gasteiger partial charge in [0.25, 0.3) is 5.91 Å². The first-order valence-electron chi connectivity index (χ1n) is 10.9. The molecule has 1 N–H and O–H groups in total. The average molecular weight is 464 g/mol. The number of benzene rings is 3. The van der Waals surface area contributed by atoms with Crippen molar-refractivity contribution in [1.82, 2.24) is 4.90 Å². The number of nitrogens with one attached hydrogen (secondary N) is 1. The van der Waals surface area contributed by atoms with Gasteiger partial charge in [0.1, 0.15) is 5.75 Å². The van der Waals surface area contributed by atoms with Crippen LogP contribution in [0.5, 0.6) is 5.75 Å². The van der Waals surface area contributed by atoms with Crippen molar-refractivity contribution in [2.24, 2.45) is 0 Å². The number of carbonyl (C=O) groups is 1. The van der Waals surface area contributed by atoms with E-state index < -0.39 is 9.52 Å². The Hall–Kier alpha value is -3.45. The molecule has 172 valence electrons. The normalized spacial score (nSPS) is 15.5. The Labute approximate surface area is 195 Å². The molecule has 3 aromatic rings. The van der Waals surface area contributed by atoms with Gasteiger partial charge in [0, 0.05) is 57.5 Å². The van der Waals surface area contributed by atoms with Crippen LogP contribution in [-0.2, 0) is 9.52 Å². The van der Waals surface area contributed by atoms with Crippen LogP contribution in [0.25, 0.3) is 0 Å². The fourth-order valence-electron chi connectivity index (χ4n) is 3.84. The average Bonchev–Trinajstić information content (AvgIpc) is 2.88. The highest BCUT2D eigenvalue weighted by atomic mass is 32.2. The second-order valence-electron chi connectivity index (χ2n) is 8.00. The zero-order valence-electron chi connectivity index (χ0n) is 18.8. The van der Waals surface area contributed by atoms with Crippen molar-refractivity contribution in [2.45, 2.75) is 4.90 Å². The Bertz CT molecular complexity index is 1190. The minimum atomic E-state index is -2.53. The van der Waals surface area contributed by atoms with Crippen LogP contribution in [0.1, 0.15) is 10.4 Å². The molecule has 6 nitrogen and oxygen atoms in total. The number of methoxy groups -OCH3 is 1. The van der Waals surface area contributed by atoms with Gasteiger partial charge >= 0.3 is 0 Å². The first-order chi connectivity index (χ1) is 16.0. The number of para-hydroxylation sites is 1. The fourth-order valence-corrected chi connectivity index (χ4v) is 5.06. The molecule has 1 heterocycles. The smallest absolute Gasteiger partial charge is 0.253 e. The maximum absolute atomic E-state index is 13.0. The molecule has 0 aromatic heterocycles. The van der Waals surface area contributed by atoms with Gasteiger partial charge in [-0.3, -0.25) is 9.00 Å². The third-order valence-electron chi connectivity index (χ3n) is 5.80. The fraction of sp³-hybridized carbons (Fsp3) is 0.231. The van der Waals surface area contributed by atoms with Gasteiger partial charge in [0.05, 0.1) is 13.0 Å². The van der Waals surface area contributed by atoms with Gasteiger partial charge in [-0.05, 0) is 60.5 Å². The van der Waals surface area contributed by atoms with E-state index in [4.69, 9.17) is 4.74 Å². The SMILES string of the molecule is C=S(=O)(CNc1ccc(C(=O)N2CCN(c3ccccc3)CC2)cc1)c1cccc(OC)c1. The number of rotatable bonds is 7. The third-order valence-corrected chi connectivity index (χ3v) is 7.52. The maximum Gasteiger partial charge on any atom is 0.253 e. The molecule has 1 saturated heterocycles. The van der Waals surface area contributed by atoms with Gasteiger partial charge in [-0.1, -0.05) is 24.3 Å². The maximum atomic E-state index is 13.0.